The van der Waals surface area contributed by atoms with Crippen LogP contribution in [0, 0.1) is 0 Å². The highest BCUT2D eigenvalue weighted by molar-refractivity contribution is 9.10. The molecule has 0 aliphatic heterocycles. The van der Waals surface area contributed by atoms with Crippen molar-refractivity contribution in [1.82, 2.24) is 9.97 Å². The van der Waals surface area contributed by atoms with Crippen molar-refractivity contribution >= 4 is 21.7 Å². The average Bonchev–Trinajstić information content (AvgIpc) is 2.29. The molecule has 18 heavy (non-hydrogen) atoms. The Balaban J connectivity index is 3.06. The van der Waals surface area contributed by atoms with Gasteiger partial charge in [-0.1, -0.05) is 20.8 Å². The third-order valence-electron chi connectivity index (χ3n) is 2.52. The summed E-state index contributed by atoms with van der Waals surface area (Å²) >= 11 is 3.57. The van der Waals surface area contributed by atoms with E-state index in [2.05, 4.69) is 52.0 Å². The van der Waals surface area contributed by atoms with Gasteiger partial charge in [-0.25, -0.2) is 9.97 Å². The number of nitrogens with one attached hydrogen (secondary N) is 1. The van der Waals surface area contributed by atoms with Crippen LogP contribution in [0.25, 0.3) is 0 Å². The van der Waals surface area contributed by atoms with Crippen LogP contribution in [0.5, 0.6) is 0 Å². The summed E-state index contributed by atoms with van der Waals surface area (Å²) in [5.41, 5.74) is 1.00. The summed E-state index contributed by atoms with van der Waals surface area (Å²) in [6.07, 6.45) is 0.735. The first-order valence-corrected chi connectivity index (χ1v) is 7.01. The third-order valence-corrected chi connectivity index (χ3v) is 3.27. The smallest absolute Gasteiger partial charge is 0.144 e. The zero-order valence-corrected chi connectivity index (χ0v) is 13.4. The highest BCUT2D eigenvalue weighted by Crippen LogP contribution is 2.32. The molecule has 5 heteroatoms. The molecule has 1 aromatic heterocycles. The molecule has 0 atom stereocenters. The van der Waals surface area contributed by atoms with Crippen molar-refractivity contribution < 1.29 is 4.74 Å². The van der Waals surface area contributed by atoms with Crippen LogP contribution >= 0.6 is 15.9 Å². The third kappa shape index (κ3) is 3.92. The van der Waals surface area contributed by atoms with Gasteiger partial charge in [0.05, 0.1) is 16.8 Å². The lowest BCUT2D eigenvalue weighted by Crippen LogP contribution is -2.18. The standard InChI is InChI=1S/C13H22BrN3O/c1-6-18-8-7-9-16-11(13(2,3)4)10(14)12(15-5)17-9/h6-8H2,1-5H3,(H,15,16,17). The van der Waals surface area contributed by atoms with Crippen molar-refractivity contribution in [3.05, 3.63) is 16.0 Å². The quantitative estimate of drug-likeness (QED) is 0.848. The summed E-state index contributed by atoms with van der Waals surface area (Å²) in [5, 5.41) is 3.10. The molecule has 4 nitrogen and oxygen atoms in total. The molecule has 0 saturated heterocycles. The summed E-state index contributed by atoms with van der Waals surface area (Å²) < 4.78 is 6.30. The Hall–Kier alpha value is -0.680. The van der Waals surface area contributed by atoms with Gasteiger partial charge < -0.3 is 10.1 Å². The largest absolute Gasteiger partial charge is 0.381 e. The van der Waals surface area contributed by atoms with Gasteiger partial charge in [-0.15, -0.1) is 0 Å². The predicted molar refractivity (Wildman–Crippen MR) is 78.2 cm³/mol. The van der Waals surface area contributed by atoms with Gasteiger partial charge in [0.2, 0.25) is 0 Å². The number of halogens is 1. The monoisotopic (exact) mass is 315 g/mol. The van der Waals surface area contributed by atoms with E-state index in [1.807, 2.05) is 14.0 Å². The molecule has 0 bridgehead atoms. The fraction of sp³-hybridized carbons (Fsp3) is 0.692. The molecule has 1 aromatic rings. The van der Waals surface area contributed by atoms with E-state index in [-0.39, 0.29) is 5.41 Å². The van der Waals surface area contributed by atoms with E-state index in [4.69, 9.17) is 4.74 Å². The molecular formula is C13H22BrN3O. The number of hydrogen-bond donors (Lipinski definition) is 1. The van der Waals surface area contributed by atoms with Gasteiger partial charge in [-0.3, -0.25) is 0 Å². The first-order valence-electron chi connectivity index (χ1n) is 6.22. The van der Waals surface area contributed by atoms with E-state index in [1.165, 1.54) is 0 Å². The minimum absolute atomic E-state index is 0.0201. The highest BCUT2D eigenvalue weighted by Gasteiger charge is 2.22. The fourth-order valence-corrected chi connectivity index (χ4v) is 2.55. The lowest BCUT2D eigenvalue weighted by Gasteiger charge is -2.21. The molecule has 0 amide bonds. The zero-order valence-electron chi connectivity index (χ0n) is 11.8. The second kappa shape index (κ2) is 6.48. The molecule has 1 heterocycles. The second-order valence-electron chi connectivity index (χ2n) is 5.10. The lowest BCUT2D eigenvalue weighted by atomic mass is 9.92. The summed E-state index contributed by atoms with van der Waals surface area (Å²) in [6, 6.07) is 0. The van der Waals surface area contributed by atoms with E-state index < -0.39 is 0 Å². The van der Waals surface area contributed by atoms with Crippen LogP contribution in [0.1, 0.15) is 39.2 Å². The maximum atomic E-state index is 5.35. The molecule has 0 unspecified atom stereocenters. The maximum absolute atomic E-state index is 5.35. The molecule has 0 aliphatic carbocycles. The van der Waals surface area contributed by atoms with Gasteiger partial charge in [0.1, 0.15) is 11.6 Å². The van der Waals surface area contributed by atoms with Crippen molar-refractivity contribution in [2.24, 2.45) is 0 Å². The second-order valence-corrected chi connectivity index (χ2v) is 5.89. The van der Waals surface area contributed by atoms with Gasteiger partial charge in [0.15, 0.2) is 0 Å². The Bertz CT molecular complexity index is 402. The summed E-state index contributed by atoms with van der Waals surface area (Å²) in [6.45, 7) is 9.80. The topological polar surface area (TPSA) is 47.0 Å². The van der Waals surface area contributed by atoms with Crippen LogP contribution in [-0.4, -0.2) is 30.2 Å². The van der Waals surface area contributed by atoms with Crippen LogP contribution in [0.4, 0.5) is 5.82 Å². The molecule has 0 aromatic carbocycles. The van der Waals surface area contributed by atoms with Gasteiger partial charge in [-0.2, -0.15) is 0 Å². The molecule has 1 N–H and O–H groups in total. The summed E-state index contributed by atoms with van der Waals surface area (Å²) in [5.74, 6) is 1.65. The maximum Gasteiger partial charge on any atom is 0.144 e. The summed E-state index contributed by atoms with van der Waals surface area (Å²) in [4.78, 5) is 9.13. The van der Waals surface area contributed by atoms with Crippen LogP contribution in [0.3, 0.4) is 0 Å². The minimum Gasteiger partial charge on any atom is -0.381 e. The van der Waals surface area contributed by atoms with Crippen molar-refractivity contribution in [2.75, 3.05) is 25.6 Å². The molecule has 0 aliphatic rings. The van der Waals surface area contributed by atoms with E-state index in [0.717, 1.165) is 34.8 Å². The van der Waals surface area contributed by atoms with Gasteiger partial charge in [0, 0.05) is 25.5 Å². The van der Waals surface area contributed by atoms with E-state index in [0.29, 0.717) is 6.61 Å². The van der Waals surface area contributed by atoms with Crippen molar-refractivity contribution in [1.29, 1.82) is 0 Å². The SMILES string of the molecule is CCOCCc1nc(NC)c(Br)c(C(C)(C)C)n1. The molecule has 1 rings (SSSR count). The molecule has 0 radical (unpaired) electrons. The van der Waals surface area contributed by atoms with E-state index in [1.54, 1.807) is 0 Å². The van der Waals surface area contributed by atoms with E-state index >= 15 is 0 Å². The first-order chi connectivity index (χ1) is 8.40. The van der Waals surface area contributed by atoms with Crippen molar-refractivity contribution in [3.8, 4) is 0 Å². The summed E-state index contributed by atoms with van der Waals surface area (Å²) in [7, 11) is 1.87. The molecule has 0 saturated carbocycles. The lowest BCUT2D eigenvalue weighted by molar-refractivity contribution is 0.149. The number of nitrogens with zero attached hydrogens (tertiary/aromatic N) is 2. The van der Waals surface area contributed by atoms with E-state index in [9.17, 15) is 0 Å². The van der Waals surface area contributed by atoms with Crippen LogP contribution in [0.2, 0.25) is 0 Å². The molecule has 0 spiro atoms. The number of anilines is 1. The van der Waals surface area contributed by atoms with Gasteiger partial charge in [-0.05, 0) is 22.9 Å². The molecule has 102 valence electrons. The Morgan fingerprint density at radius 2 is 1.94 bits per heavy atom. The van der Waals surface area contributed by atoms with Crippen molar-refractivity contribution in [3.63, 3.8) is 0 Å². The molecule has 0 fully saturated rings. The fourth-order valence-electron chi connectivity index (χ4n) is 1.58. The van der Waals surface area contributed by atoms with Crippen molar-refractivity contribution in [2.45, 2.75) is 39.5 Å². The zero-order chi connectivity index (χ0) is 13.8. The predicted octanol–water partition coefficient (Wildman–Crippen LogP) is 3.16. The number of rotatable bonds is 5. The Morgan fingerprint density at radius 3 is 2.44 bits per heavy atom. The highest BCUT2D eigenvalue weighted by atomic mass is 79.9. The van der Waals surface area contributed by atoms with Crippen LogP contribution in [0.15, 0.2) is 4.47 Å². The average molecular weight is 316 g/mol. The Labute approximate surface area is 118 Å². The van der Waals surface area contributed by atoms with Crippen LogP contribution < -0.4 is 5.32 Å². The number of hydrogen-bond acceptors (Lipinski definition) is 4. The van der Waals surface area contributed by atoms with Gasteiger partial charge >= 0.3 is 0 Å². The number of aromatic nitrogens is 2. The minimum atomic E-state index is -0.0201. The number of ether oxygens (including phenoxy) is 1. The van der Waals surface area contributed by atoms with Gasteiger partial charge in [0.25, 0.3) is 0 Å². The molecular weight excluding hydrogens is 294 g/mol. The Morgan fingerprint density at radius 1 is 1.28 bits per heavy atom. The normalized spacial score (nSPS) is 11.7. The Kier molecular flexibility index (Phi) is 5.53. The first kappa shape index (κ1) is 15.4. The van der Waals surface area contributed by atoms with Crippen LogP contribution in [-0.2, 0) is 16.6 Å².